The van der Waals surface area contributed by atoms with Gasteiger partial charge in [-0.2, -0.15) is 8.62 Å². The number of rotatable bonds is 4. The van der Waals surface area contributed by atoms with Gasteiger partial charge in [0.1, 0.15) is 0 Å². The molecule has 0 heterocycles. The van der Waals surface area contributed by atoms with E-state index in [2.05, 4.69) is 8.62 Å². The Morgan fingerprint density at radius 3 is 1.07 bits per heavy atom. The first-order valence-electron chi connectivity index (χ1n) is 2.28. The molecule has 0 amide bonds. The zero-order valence-electron chi connectivity index (χ0n) is 5.62. The van der Waals surface area contributed by atoms with Crippen LogP contribution in [0.4, 0.5) is 0 Å². The molecular formula is H6KO10P3. The normalized spacial score (nSPS) is 13.5. The van der Waals surface area contributed by atoms with Gasteiger partial charge in [-0.25, -0.2) is 13.7 Å². The fraction of sp³-hybridized carbons (Fsp3) is 0. The van der Waals surface area contributed by atoms with E-state index in [-0.39, 0.29) is 51.4 Å². The van der Waals surface area contributed by atoms with E-state index in [1.807, 2.05) is 0 Å². The van der Waals surface area contributed by atoms with Crippen molar-refractivity contribution in [2.24, 2.45) is 0 Å². The molecule has 14 heteroatoms. The summed E-state index contributed by atoms with van der Waals surface area (Å²) in [4.78, 5) is 40.2. The molecule has 0 aromatic rings. The van der Waals surface area contributed by atoms with Crippen LogP contribution in [0.3, 0.4) is 0 Å². The molecule has 0 aliphatic rings. The van der Waals surface area contributed by atoms with Crippen LogP contribution >= 0.6 is 23.5 Å². The summed E-state index contributed by atoms with van der Waals surface area (Å²) in [5.74, 6) is 0. The predicted molar refractivity (Wildman–Crippen MR) is 43.2 cm³/mol. The van der Waals surface area contributed by atoms with Crippen molar-refractivity contribution >= 4 is 74.9 Å². The van der Waals surface area contributed by atoms with Crippen molar-refractivity contribution in [3.8, 4) is 0 Å². The van der Waals surface area contributed by atoms with E-state index in [0.29, 0.717) is 0 Å². The van der Waals surface area contributed by atoms with Crippen LogP contribution in [-0.2, 0) is 22.3 Å². The molecule has 0 aromatic carbocycles. The van der Waals surface area contributed by atoms with Crippen LogP contribution in [0.5, 0.6) is 0 Å². The van der Waals surface area contributed by atoms with E-state index >= 15 is 0 Å². The zero-order chi connectivity index (χ0) is 10.9. The molecule has 0 rings (SSSR count). The van der Waals surface area contributed by atoms with Gasteiger partial charge in [0.25, 0.3) is 0 Å². The van der Waals surface area contributed by atoms with Gasteiger partial charge in [-0.05, 0) is 0 Å². The molecule has 0 fully saturated rings. The van der Waals surface area contributed by atoms with E-state index in [1.54, 1.807) is 0 Å². The van der Waals surface area contributed by atoms with Crippen molar-refractivity contribution in [3.05, 3.63) is 0 Å². The molecule has 10 nitrogen and oxygen atoms in total. The summed E-state index contributed by atoms with van der Waals surface area (Å²) in [5.41, 5.74) is 0. The van der Waals surface area contributed by atoms with Crippen molar-refractivity contribution in [1.29, 1.82) is 0 Å². The van der Waals surface area contributed by atoms with Gasteiger partial charge in [0.05, 0.1) is 0 Å². The minimum absolute atomic E-state index is 0. The summed E-state index contributed by atoms with van der Waals surface area (Å²) < 4.78 is 36.4. The Morgan fingerprint density at radius 1 is 0.714 bits per heavy atom. The molecule has 0 aliphatic carbocycles. The first-order valence-corrected chi connectivity index (χ1v) is 6.83. The third kappa shape index (κ3) is 12.1. The number of phosphoric acid groups is 3. The van der Waals surface area contributed by atoms with Crippen LogP contribution in [-0.4, -0.2) is 75.9 Å². The Kier molecular flexibility index (Phi) is 8.03. The molecular weight excluding hydrogens is 292 g/mol. The number of hydrogen-bond donors (Lipinski definition) is 5. The zero-order valence-corrected chi connectivity index (χ0v) is 8.30. The van der Waals surface area contributed by atoms with Crippen LogP contribution in [0.2, 0.25) is 0 Å². The number of hydrogen-bond acceptors (Lipinski definition) is 5. The molecule has 0 atom stereocenters. The molecule has 0 spiro atoms. The fourth-order valence-corrected chi connectivity index (χ4v) is 2.82. The van der Waals surface area contributed by atoms with E-state index in [1.165, 1.54) is 0 Å². The summed E-state index contributed by atoms with van der Waals surface area (Å²) in [6.07, 6.45) is 0. The van der Waals surface area contributed by atoms with Crippen LogP contribution < -0.4 is 0 Å². The second-order valence-electron chi connectivity index (χ2n) is 1.61. The fourth-order valence-electron chi connectivity index (χ4n) is 0.284. The van der Waals surface area contributed by atoms with Crippen LogP contribution in [0.15, 0.2) is 0 Å². The van der Waals surface area contributed by atoms with Crippen molar-refractivity contribution in [2.45, 2.75) is 0 Å². The van der Waals surface area contributed by atoms with Crippen molar-refractivity contribution in [1.82, 2.24) is 0 Å². The maximum absolute atomic E-state index is 10.4. The molecule has 0 aromatic heterocycles. The van der Waals surface area contributed by atoms with Crippen LogP contribution in [0.1, 0.15) is 0 Å². The average Bonchev–Trinajstić information content (AvgIpc) is 1.43. The molecule has 5 N–H and O–H groups in total. The topological polar surface area (TPSA) is 171 Å². The maximum atomic E-state index is 10.4. The van der Waals surface area contributed by atoms with Crippen LogP contribution in [0.25, 0.3) is 0 Å². The SMILES string of the molecule is O=P(O)(O)OP(=O)(O)OP(=O)(O)O.[KH]. The van der Waals surface area contributed by atoms with Crippen molar-refractivity contribution in [3.63, 3.8) is 0 Å². The van der Waals surface area contributed by atoms with Crippen LogP contribution in [0, 0.1) is 0 Å². The molecule has 0 radical (unpaired) electrons. The van der Waals surface area contributed by atoms with Gasteiger partial charge in [-0.15, -0.1) is 0 Å². The quantitative estimate of drug-likeness (QED) is 0.309. The third-order valence-corrected chi connectivity index (χ3v) is 3.77. The Bertz CT molecular complexity index is 277. The van der Waals surface area contributed by atoms with Gasteiger partial charge in [-0.1, -0.05) is 0 Å². The Balaban J connectivity index is 0. The molecule has 0 bridgehead atoms. The van der Waals surface area contributed by atoms with Crippen molar-refractivity contribution in [2.75, 3.05) is 0 Å². The van der Waals surface area contributed by atoms with E-state index in [4.69, 9.17) is 24.5 Å². The van der Waals surface area contributed by atoms with Gasteiger partial charge in [0.15, 0.2) is 0 Å². The summed E-state index contributed by atoms with van der Waals surface area (Å²) in [6.45, 7) is 0. The van der Waals surface area contributed by atoms with Crippen molar-refractivity contribution < 1.29 is 46.8 Å². The summed E-state index contributed by atoms with van der Waals surface area (Å²) in [6, 6.07) is 0. The standard InChI is InChI=1S/K.H5O10P3.H/c;1-11(2,3)9-13(7,8)10-12(4,5)6;/h;(H,7,8)(H2,1,2,3)(H2,4,5,6);. The predicted octanol–water partition coefficient (Wildman–Crippen LogP) is -1.34. The second-order valence-corrected chi connectivity index (χ2v) is 5.82. The molecule has 0 aliphatic heterocycles. The van der Waals surface area contributed by atoms with E-state index in [0.717, 1.165) is 0 Å². The summed E-state index contributed by atoms with van der Waals surface area (Å²) in [5, 5.41) is 0. The Morgan fingerprint density at radius 2 is 0.929 bits per heavy atom. The summed E-state index contributed by atoms with van der Waals surface area (Å²) >= 11 is 0. The molecule has 0 saturated carbocycles. The Labute approximate surface area is 120 Å². The van der Waals surface area contributed by atoms with Gasteiger partial charge in [-0.3, -0.25) is 0 Å². The average molecular weight is 298 g/mol. The second kappa shape index (κ2) is 6.11. The third-order valence-electron chi connectivity index (χ3n) is 0.419. The van der Waals surface area contributed by atoms with Gasteiger partial charge < -0.3 is 24.5 Å². The first-order chi connectivity index (χ1) is 5.41. The first kappa shape index (κ1) is 18.4. The van der Waals surface area contributed by atoms with E-state index < -0.39 is 23.5 Å². The van der Waals surface area contributed by atoms with E-state index in [9.17, 15) is 13.7 Å². The van der Waals surface area contributed by atoms with Gasteiger partial charge >= 0.3 is 74.9 Å². The Hall–Kier alpha value is 2.05. The molecule has 0 unspecified atom stereocenters. The van der Waals surface area contributed by atoms with Gasteiger partial charge in [0, 0.05) is 0 Å². The monoisotopic (exact) mass is 298 g/mol. The summed E-state index contributed by atoms with van der Waals surface area (Å²) in [7, 11) is -16.2. The minimum atomic E-state index is -5.46. The molecule has 14 heavy (non-hydrogen) atoms. The molecule has 0 saturated heterocycles. The molecule has 82 valence electrons. The van der Waals surface area contributed by atoms with Gasteiger partial charge in [0.2, 0.25) is 0 Å².